The molecule has 0 spiro atoms. The van der Waals surface area contributed by atoms with Gasteiger partial charge >= 0.3 is 105 Å². The van der Waals surface area contributed by atoms with E-state index < -0.39 is 0 Å². The van der Waals surface area contributed by atoms with Crippen molar-refractivity contribution in [1.82, 2.24) is 0 Å². The molecular formula is C76H92N4O24Zr4. The summed E-state index contributed by atoms with van der Waals surface area (Å²) in [4.78, 5) is 95.0. The van der Waals surface area contributed by atoms with Crippen LogP contribution >= 0.6 is 0 Å². The van der Waals surface area contributed by atoms with E-state index in [1.165, 1.54) is 160 Å². The molecular weight excluding hydrogens is 1720 g/mol. The summed E-state index contributed by atoms with van der Waals surface area (Å²) >= 11 is 0. The predicted molar refractivity (Wildman–Crippen MR) is 368 cm³/mol. The van der Waals surface area contributed by atoms with Crippen molar-refractivity contribution in [3.05, 3.63) is 214 Å². The van der Waals surface area contributed by atoms with Crippen molar-refractivity contribution in [2.24, 2.45) is 20.0 Å². The first-order valence-electron chi connectivity index (χ1n) is 30.6. The average molecular weight is 1810 g/mol. The molecule has 0 aromatic heterocycles. The van der Waals surface area contributed by atoms with Crippen LogP contribution in [-0.4, -0.2) is 124 Å². The van der Waals surface area contributed by atoms with Gasteiger partial charge in [0.2, 0.25) is 0 Å². The number of nitrogens with zero attached hydrogens (tertiary/aromatic N) is 4. The summed E-state index contributed by atoms with van der Waals surface area (Å²) in [5.74, 6) is -3.25. The summed E-state index contributed by atoms with van der Waals surface area (Å²) in [7, 11) is 0. The van der Waals surface area contributed by atoms with Crippen molar-refractivity contribution in [2.75, 3.05) is 52.6 Å². The maximum Gasteiger partial charge on any atom is 4.00 e. The Bertz CT molecular complexity index is 2920. The molecule has 0 amide bonds. The van der Waals surface area contributed by atoms with Crippen LogP contribution in [0.15, 0.2) is 212 Å². The molecule has 0 radical (unpaired) electrons. The molecule has 0 N–H and O–H groups in total. The minimum atomic E-state index is -0.239. The van der Waals surface area contributed by atoms with Gasteiger partial charge in [-0.15, -0.1) is 95.5 Å². The molecule has 0 bridgehead atoms. The van der Waals surface area contributed by atoms with Gasteiger partial charge in [0.1, 0.15) is 0 Å². The van der Waals surface area contributed by atoms with Gasteiger partial charge in [-0.2, -0.15) is 0 Å². The van der Waals surface area contributed by atoms with Crippen LogP contribution in [0.1, 0.15) is 133 Å². The third kappa shape index (κ3) is 119. The van der Waals surface area contributed by atoms with Gasteiger partial charge in [-0.05, 0) is 126 Å². The first-order chi connectivity index (χ1) is 48.4. The molecule has 0 aliphatic carbocycles. The molecule has 4 aromatic carbocycles. The number of ketones is 8. The first-order valence-corrected chi connectivity index (χ1v) is 30.6. The zero-order chi connectivity index (χ0) is 82.1. The van der Waals surface area contributed by atoms with E-state index in [-0.39, 0.29) is 273 Å². The Hall–Kier alpha value is -8.19. The molecule has 0 aliphatic rings. The van der Waals surface area contributed by atoms with Crippen LogP contribution < -0.4 is 81.7 Å². The van der Waals surface area contributed by atoms with Crippen LogP contribution in [-0.2, 0) is 143 Å². The Morgan fingerprint density at radius 1 is 0.241 bits per heavy atom. The summed E-state index contributed by atoms with van der Waals surface area (Å²) in [5, 5.41) is 164. The number of allylic oxidation sites excluding steroid dienone is 16. The Kier molecular flexibility index (Phi) is 103. The molecule has 0 saturated carbocycles. The number of hydrogen-bond donors (Lipinski definition) is 0. The molecule has 32 heteroatoms. The maximum atomic E-state index is 11.0. The number of aliphatic imine (C=N–C) groups is 4. The van der Waals surface area contributed by atoms with Crippen LogP contribution in [0.5, 0.6) is 23.0 Å². The number of para-hydroxylation sites is 4. The molecule has 4 rings (SSSR count). The van der Waals surface area contributed by atoms with Crippen molar-refractivity contribution in [1.29, 1.82) is 0 Å². The van der Waals surface area contributed by atoms with Gasteiger partial charge in [-0.1, -0.05) is 152 Å². The predicted octanol–water partition coefficient (Wildman–Crippen LogP) is -3.14. The topological polar surface area (TPSA) is 555 Å². The Morgan fingerprint density at radius 2 is 0.352 bits per heavy atom. The van der Waals surface area contributed by atoms with Gasteiger partial charge in [0.25, 0.3) is 0 Å². The van der Waals surface area contributed by atoms with E-state index in [1.54, 1.807) is 72.8 Å². The normalized spacial score (nSPS) is 10.7. The molecule has 0 heterocycles. The van der Waals surface area contributed by atoms with Crippen molar-refractivity contribution >= 4 is 71.1 Å². The van der Waals surface area contributed by atoms with E-state index >= 15 is 0 Å². The van der Waals surface area contributed by atoms with Gasteiger partial charge in [-0.3, -0.25) is 58.3 Å². The standard InChI is InChI=1S/4C9H10NO2.8C5H8O2.4Zr/c4*11-6-5-10-7-8-3-1-2-4-9(8)12;8*1-4(6)3-5(2)7;;;;/h4*1-4,7,12H,5-6H2;8*3,6H,1-2H3;;;;/q4*-1;;;;;;;;;4*+4/p-12/b;;;;8*4-3-;;;;. The minimum absolute atomic E-state index is 0. The van der Waals surface area contributed by atoms with Crippen LogP contribution in [0.3, 0.4) is 0 Å². The van der Waals surface area contributed by atoms with Gasteiger partial charge in [0.05, 0.1) is 0 Å². The molecule has 108 heavy (non-hydrogen) atoms. The van der Waals surface area contributed by atoms with Crippen LogP contribution in [0.2, 0.25) is 0 Å². The second-order valence-corrected chi connectivity index (χ2v) is 20.0. The quantitative estimate of drug-likeness (QED) is 0.0479. The van der Waals surface area contributed by atoms with E-state index in [0.29, 0.717) is 22.3 Å². The third-order valence-corrected chi connectivity index (χ3v) is 8.73. The van der Waals surface area contributed by atoms with E-state index in [0.717, 1.165) is 48.6 Å². The largest absolute Gasteiger partial charge is 4.00 e. The van der Waals surface area contributed by atoms with Gasteiger partial charge in [-0.25, -0.2) is 0 Å². The van der Waals surface area contributed by atoms with Crippen molar-refractivity contribution < 1.29 is 225 Å². The molecule has 0 saturated heterocycles. The fourth-order valence-corrected chi connectivity index (χ4v) is 5.50. The maximum absolute atomic E-state index is 11.0. The zero-order valence-corrected chi connectivity index (χ0v) is 73.2. The fourth-order valence-electron chi connectivity index (χ4n) is 5.50. The molecule has 0 unspecified atom stereocenters. The van der Waals surface area contributed by atoms with Crippen molar-refractivity contribution in [3.8, 4) is 23.0 Å². The van der Waals surface area contributed by atoms with E-state index in [1.807, 2.05) is 0 Å². The summed E-state index contributed by atoms with van der Waals surface area (Å²) in [6.45, 7) is 21.5. The minimum Gasteiger partial charge on any atom is -0.876 e. The van der Waals surface area contributed by atoms with Crippen molar-refractivity contribution in [3.63, 3.8) is 0 Å². The van der Waals surface area contributed by atoms with Crippen LogP contribution in [0, 0.1) is 0 Å². The van der Waals surface area contributed by atoms with Crippen LogP contribution in [0.4, 0.5) is 0 Å². The first kappa shape index (κ1) is 126. The number of carbonyl (C=O) groups is 8. The van der Waals surface area contributed by atoms with Crippen molar-refractivity contribution in [2.45, 2.75) is 111 Å². The Balaban J connectivity index is -0.0000000936. The molecule has 4 aromatic rings. The number of rotatable bonds is 20. The molecule has 28 nitrogen and oxygen atoms in total. The van der Waals surface area contributed by atoms with Gasteiger partial charge in [0, 0.05) is 51.0 Å². The van der Waals surface area contributed by atoms with E-state index in [2.05, 4.69) is 20.0 Å². The Labute approximate surface area is 710 Å². The van der Waals surface area contributed by atoms with E-state index in [9.17, 15) is 120 Å². The summed E-state index contributed by atoms with van der Waals surface area (Å²) < 4.78 is 0. The van der Waals surface area contributed by atoms with Gasteiger partial charge in [0.15, 0.2) is 46.3 Å². The summed E-state index contributed by atoms with van der Waals surface area (Å²) in [6, 6.07) is 26.3. The zero-order valence-electron chi connectivity index (χ0n) is 63.4. The molecule has 576 valence electrons. The summed E-state index contributed by atoms with van der Waals surface area (Å²) in [6.07, 6.45) is 14.2. The molecule has 0 fully saturated rings. The van der Waals surface area contributed by atoms with Crippen LogP contribution in [0.25, 0.3) is 0 Å². The number of benzene rings is 4. The van der Waals surface area contributed by atoms with E-state index in [4.69, 9.17) is 0 Å². The van der Waals surface area contributed by atoms with Gasteiger partial charge < -0.3 is 81.7 Å². The number of carbonyl (C=O) groups excluding carboxylic acids is 8. The summed E-state index contributed by atoms with van der Waals surface area (Å²) in [5.41, 5.74) is 2.13. The fraction of sp³-hybridized carbons (Fsp3) is 0.316. The average Bonchev–Trinajstić information content (AvgIpc) is 0.936. The monoisotopic (exact) mass is 1800 g/mol. The second-order valence-electron chi connectivity index (χ2n) is 20.0. The smallest absolute Gasteiger partial charge is 0.876 e. The molecule has 0 aliphatic heterocycles. The molecule has 0 atom stereocenters. The number of hydrogen-bond acceptors (Lipinski definition) is 28. The second kappa shape index (κ2) is 87.7. The third-order valence-electron chi connectivity index (χ3n) is 8.73. The SMILES string of the molecule is CC(=O)/C=C(/C)[O-].CC(=O)/C=C(/C)[O-].CC(=O)/C=C(/C)[O-].CC(=O)/C=C(/C)[O-].CC(=O)/C=C(/C)[O-].CC(=O)/C=C(/C)[O-].CC(=O)/C=C(/C)[O-].CC(=O)/C=C(/C)[O-].[O-]CCN=Cc1ccccc1[O-].[O-]CCN=Cc1ccccc1[O-].[O-]CCN=Cc1ccccc1[O-].[O-]CCN=Cc1ccccc1[O-].[Zr+4].[Zr+4].[Zr+4].[Zr+4]. The Morgan fingerprint density at radius 3 is 0.426 bits per heavy atom.